The highest BCUT2D eigenvalue weighted by atomic mass is 127. The van der Waals surface area contributed by atoms with E-state index in [-0.39, 0.29) is 13.4 Å². The maximum atomic E-state index is 11.8. The Hall–Kier alpha value is -2.29. The minimum atomic E-state index is -0.540. The van der Waals surface area contributed by atoms with Crippen molar-refractivity contribution < 1.29 is 23.8 Å². The van der Waals surface area contributed by atoms with Crippen LogP contribution >= 0.6 is 22.6 Å². The standard InChI is InChI=1S/C16H12INO5/c17-11-3-1-10(2-4-11)16(20)21-8-15(19)18-12-5-6-13-14(7-12)23-9-22-13/h1-7H,8-9H2,(H,18,19). The zero-order chi connectivity index (χ0) is 16.2. The number of hydrogen-bond acceptors (Lipinski definition) is 5. The number of hydrogen-bond donors (Lipinski definition) is 1. The molecule has 1 N–H and O–H groups in total. The van der Waals surface area contributed by atoms with Crippen LogP contribution < -0.4 is 14.8 Å². The number of benzene rings is 2. The Morgan fingerprint density at radius 1 is 1.09 bits per heavy atom. The van der Waals surface area contributed by atoms with E-state index in [1.807, 2.05) is 0 Å². The molecule has 0 aliphatic carbocycles. The van der Waals surface area contributed by atoms with Gasteiger partial charge in [0.05, 0.1) is 5.56 Å². The van der Waals surface area contributed by atoms with Crippen LogP contribution in [0.1, 0.15) is 10.4 Å². The average molecular weight is 425 g/mol. The second-order valence-corrected chi connectivity index (χ2v) is 5.94. The van der Waals surface area contributed by atoms with Gasteiger partial charge in [-0.2, -0.15) is 0 Å². The highest BCUT2D eigenvalue weighted by molar-refractivity contribution is 14.1. The first-order valence-corrected chi connectivity index (χ1v) is 7.82. The summed E-state index contributed by atoms with van der Waals surface area (Å²) in [6, 6.07) is 11.9. The van der Waals surface area contributed by atoms with Crippen molar-refractivity contribution in [2.45, 2.75) is 0 Å². The molecule has 0 radical (unpaired) electrons. The number of esters is 1. The number of carbonyl (C=O) groups excluding carboxylic acids is 2. The van der Waals surface area contributed by atoms with Crippen molar-refractivity contribution in [3.05, 3.63) is 51.6 Å². The topological polar surface area (TPSA) is 73.9 Å². The molecule has 0 atom stereocenters. The van der Waals surface area contributed by atoms with Crippen molar-refractivity contribution in [1.82, 2.24) is 0 Å². The maximum absolute atomic E-state index is 11.8. The summed E-state index contributed by atoms with van der Waals surface area (Å²) in [5.74, 6) is 0.233. The number of ether oxygens (including phenoxy) is 3. The number of nitrogens with one attached hydrogen (secondary N) is 1. The molecule has 2 aromatic rings. The zero-order valence-electron chi connectivity index (χ0n) is 11.9. The minimum absolute atomic E-state index is 0.167. The fourth-order valence-corrected chi connectivity index (χ4v) is 2.33. The number of amides is 1. The lowest BCUT2D eigenvalue weighted by Crippen LogP contribution is -2.20. The van der Waals surface area contributed by atoms with Gasteiger partial charge in [-0.3, -0.25) is 4.79 Å². The second kappa shape index (κ2) is 6.86. The first kappa shape index (κ1) is 15.6. The molecule has 1 aliphatic rings. The molecule has 118 valence electrons. The third-order valence-corrected chi connectivity index (χ3v) is 3.79. The van der Waals surface area contributed by atoms with Gasteiger partial charge >= 0.3 is 5.97 Å². The van der Waals surface area contributed by atoms with Crippen LogP contribution in [0.15, 0.2) is 42.5 Å². The molecular weight excluding hydrogens is 413 g/mol. The molecule has 23 heavy (non-hydrogen) atoms. The van der Waals surface area contributed by atoms with Crippen LogP contribution in [0.5, 0.6) is 11.5 Å². The molecule has 1 amide bonds. The number of halogens is 1. The molecule has 0 saturated carbocycles. The van der Waals surface area contributed by atoms with E-state index in [2.05, 4.69) is 27.9 Å². The van der Waals surface area contributed by atoms with Gasteiger partial charge < -0.3 is 19.5 Å². The number of fused-ring (bicyclic) bond motifs is 1. The predicted molar refractivity (Wildman–Crippen MR) is 90.6 cm³/mol. The van der Waals surface area contributed by atoms with E-state index < -0.39 is 11.9 Å². The van der Waals surface area contributed by atoms with E-state index in [4.69, 9.17) is 14.2 Å². The SMILES string of the molecule is O=C(COC(=O)c1ccc(I)cc1)Nc1ccc2c(c1)OCO2. The fourth-order valence-electron chi connectivity index (χ4n) is 1.97. The average Bonchev–Trinajstić information content (AvgIpc) is 3.01. The molecule has 0 bridgehead atoms. The number of anilines is 1. The summed E-state index contributed by atoms with van der Waals surface area (Å²) in [5.41, 5.74) is 0.950. The molecule has 0 spiro atoms. The monoisotopic (exact) mass is 425 g/mol. The Balaban J connectivity index is 1.53. The van der Waals surface area contributed by atoms with Crippen molar-refractivity contribution in [3.8, 4) is 11.5 Å². The zero-order valence-corrected chi connectivity index (χ0v) is 14.0. The van der Waals surface area contributed by atoms with E-state index in [0.29, 0.717) is 22.7 Å². The number of rotatable bonds is 4. The lowest BCUT2D eigenvalue weighted by molar-refractivity contribution is -0.119. The Morgan fingerprint density at radius 2 is 1.83 bits per heavy atom. The van der Waals surface area contributed by atoms with E-state index in [0.717, 1.165) is 3.57 Å². The molecule has 1 heterocycles. The summed E-state index contributed by atoms with van der Waals surface area (Å²) in [4.78, 5) is 23.7. The Morgan fingerprint density at radius 3 is 2.61 bits per heavy atom. The molecule has 1 aliphatic heterocycles. The summed E-state index contributed by atoms with van der Waals surface area (Å²) in [7, 11) is 0. The van der Waals surface area contributed by atoms with Crippen molar-refractivity contribution >= 4 is 40.2 Å². The third kappa shape index (κ3) is 3.92. The van der Waals surface area contributed by atoms with Gasteiger partial charge in [-0.15, -0.1) is 0 Å². The van der Waals surface area contributed by atoms with E-state index >= 15 is 0 Å². The fraction of sp³-hybridized carbons (Fsp3) is 0.125. The van der Waals surface area contributed by atoms with Gasteiger partial charge in [-0.25, -0.2) is 4.79 Å². The Bertz CT molecular complexity index is 745. The third-order valence-electron chi connectivity index (χ3n) is 3.07. The lowest BCUT2D eigenvalue weighted by Gasteiger charge is -2.07. The Kier molecular flexibility index (Phi) is 4.65. The van der Waals surface area contributed by atoms with Crippen molar-refractivity contribution in [3.63, 3.8) is 0 Å². The van der Waals surface area contributed by atoms with E-state index in [9.17, 15) is 9.59 Å². The van der Waals surface area contributed by atoms with Crippen LogP contribution in [-0.2, 0) is 9.53 Å². The van der Waals surface area contributed by atoms with Gasteiger partial charge in [0.15, 0.2) is 18.1 Å². The van der Waals surface area contributed by atoms with Crippen molar-refractivity contribution in [2.75, 3.05) is 18.7 Å². The molecule has 0 aromatic heterocycles. The van der Waals surface area contributed by atoms with Crippen LogP contribution in [0, 0.1) is 3.57 Å². The Labute approximate surface area is 145 Å². The predicted octanol–water partition coefficient (Wildman–Crippen LogP) is 2.82. The first-order chi connectivity index (χ1) is 11.1. The highest BCUT2D eigenvalue weighted by Gasteiger charge is 2.15. The van der Waals surface area contributed by atoms with Gasteiger partial charge in [0.25, 0.3) is 5.91 Å². The molecule has 0 saturated heterocycles. The van der Waals surface area contributed by atoms with Gasteiger partial charge in [0, 0.05) is 15.3 Å². The van der Waals surface area contributed by atoms with Crippen LogP contribution in [0.3, 0.4) is 0 Å². The van der Waals surface area contributed by atoms with E-state index in [1.165, 1.54) is 0 Å². The van der Waals surface area contributed by atoms with Crippen LogP contribution in [0.4, 0.5) is 5.69 Å². The molecule has 7 heteroatoms. The smallest absolute Gasteiger partial charge is 0.338 e. The van der Waals surface area contributed by atoms with Crippen LogP contribution in [-0.4, -0.2) is 25.3 Å². The largest absolute Gasteiger partial charge is 0.454 e. The van der Waals surface area contributed by atoms with Crippen molar-refractivity contribution in [1.29, 1.82) is 0 Å². The molecule has 2 aromatic carbocycles. The van der Waals surface area contributed by atoms with Gasteiger partial charge in [0.1, 0.15) is 0 Å². The normalized spacial score (nSPS) is 11.9. The summed E-state index contributed by atoms with van der Waals surface area (Å²) >= 11 is 2.14. The van der Waals surface area contributed by atoms with Gasteiger partial charge in [-0.05, 0) is 59.0 Å². The molecular formula is C16H12INO5. The summed E-state index contributed by atoms with van der Waals surface area (Å²) in [6.45, 7) is -0.195. The highest BCUT2D eigenvalue weighted by Crippen LogP contribution is 2.34. The first-order valence-electron chi connectivity index (χ1n) is 6.74. The molecule has 6 nitrogen and oxygen atoms in total. The molecule has 0 unspecified atom stereocenters. The summed E-state index contributed by atoms with van der Waals surface area (Å²) < 4.78 is 16.4. The quantitative estimate of drug-likeness (QED) is 0.603. The second-order valence-electron chi connectivity index (χ2n) is 4.70. The summed E-state index contributed by atoms with van der Waals surface area (Å²) in [6.07, 6.45) is 0. The molecule has 0 fully saturated rings. The van der Waals surface area contributed by atoms with E-state index in [1.54, 1.807) is 42.5 Å². The maximum Gasteiger partial charge on any atom is 0.338 e. The van der Waals surface area contributed by atoms with Gasteiger partial charge in [0.2, 0.25) is 6.79 Å². The van der Waals surface area contributed by atoms with Gasteiger partial charge in [-0.1, -0.05) is 0 Å². The minimum Gasteiger partial charge on any atom is -0.454 e. The van der Waals surface area contributed by atoms with Crippen LogP contribution in [0.2, 0.25) is 0 Å². The van der Waals surface area contributed by atoms with Crippen molar-refractivity contribution in [2.24, 2.45) is 0 Å². The molecule has 3 rings (SSSR count). The lowest BCUT2D eigenvalue weighted by atomic mass is 10.2. The number of carbonyl (C=O) groups is 2. The summed E-state index contributed by atoms with van der Waals surface area (Å²) in [5, 5.41) is 2.63. The van der Waals surface area contributed by atoms with Crippen LogP contribution in [0.25, 0.3) is 0 Å².